The lowest BCUT2D eigenvalue weighted by Crippen LogP contribution is -2.60. The van der Waals surface area contributed by atoms with Crippen LogP contribution in [0.1, 0.15) is 13.3 Å². The van der Waals surface area contributed by atoms with Crippen LogP contribution in [0.3, 0.4) is 0 Å². The van der Waals surface area contributed by atoms with E-state index in [1.54, 1.807) is 7.11 Å². The van der Waals surface area contributed by atoms with Crippen LogP contribution >= 0.6 is 0 Å². The topological polar surface area (TPSA) is 83.3 Å². The van der Waals surface area contributed by atoms with Gasteiger partial charge in [0.05, 0.1) is 24.6 Å². The molecule has 0 radical (unpaired) electrons. The van der Waals surface area contributed by atoms with Gasteiger partial charge >= 0.3 is 0 Å². The summed E-state index contributed by atoms with van der Waals surface area (Å²) in [5.41, 5.74) is 0. The molecule has 0 unspecified atom stereocenters. The predicted molar refractivity (Wildman–Crippen MR) is 62.1 cm³/mol. The molecule has 2 saturated heterocycles. The minimum atomic E-state index is -0.926. The van der Waals surface area contributed by atoms with Crippen molar-refractivity contribution < 1.29 is 19.7 Å². The van der Waals surface area contributed by atoms with Gasteiger partial charge in [-0.3, -0.25) is 4.99 Å². The lowest BCUT2D eigenvalue weighted by molar-refractivity contribution is -0.187. The highest BCUT2D eigenvalue weighted by Gasteiger charge is 2.48. The number of fused-ring (bicyclic) bond motifs is 1. The molecule has 2 aliphatic rings. The van der Waals surface area contributed by atoms with Crippen LogP contribution in [0.25, 0.3) is 0 Å². The SMILES string of the molecule is CCN=C1C[C@H]2O[C@H](COC)[C@@H](O)[C@H](O)[C@H]2N1. The average Bonchev–Trinajstić information content (AvgIpc) is 2.69. The second kappa shape index (κ2) is 5.30. The van der Waals surface area contributed by atoms with Gasteiger partial charge in [-0.05, 0) is 6.92 Å². The Balaban J connectivity index is 2.06. The number of amidine groups is 1. The van der Waals surface area contributed by atoms with E-state index in [9.17, 15) is 10.2 Å². The zero-order valence-electron chi connectivity index (χ0n) is 10.2. The fraction of sp³-hybridized carbons (Fsp3) is 0.909. The first kappa shape index (κ1) is 12.8. The van der Waals surface area contributed by atoms with Gasteiger partial charge < -0.3 is 25.0 Å². The number of nitrogens with one attached hydrogen (secondary N) is 1. The van der Waals surface area contributed by atoms with E-state index in [4.69, 9.17) is 9.47 Å². The number of aliphatic hydroxyl groups is 2. The summed E-state index contributed by atoms with van der Waals surface area (Å²) in [7, 11) is 1.55. The standard InChI is InChI=1S/C11H20N2O4/c1-3-12-8-4-6-9(13-8)11(15)10(14)7(17-6)5-16-2/h6-7,9-11,14-15H,3-5H2,1-2H3,(H,12,13)/t6-,7-,9+,10-,11-/m1/s1. The van der Waals surface area contributed by atoms with Gasteiger partial charge in [0.25, 0.3) is 0 Å². The van der Waals surface area contributed by atoms with Crippen LogP contribution in [0.2, 0.25) is 0 Å². The molecule has 2 heterocycles. The molecule has 0 aromatic carbocycles. The molecule has 0 aromatic heterocycles. The third kappa shape index (κ3) is 2.44. The maximum atomic E-state index is 10.0. The molecule has 2 rings (SSSR count). The van der Waals surface area contributed by atoms with E-state index in [-0.39, 0.29) is 18.8 Å². The van der Waals surface area contributed by atoms with Crippen molar-refractivity contribution in [2.24, 2.45) is 4.99 Å². The Hall–Kier alpha value is -0.690. The van der Waals surface area contributed by atoms with Gasteiger partial charge in [0.15, 0.2) is 0 Å². The minimum Gasteiger partial charge on any atom is -0.388 e. The van der Waals surface area contributed by atoms with Crippen LogP contribution in [0.5, 0.6) is 0 Å². The van der Waals surface area contributed by atoms with Crippen molar-refractivity contribution in [1.29, 1.82) is 0 Å². The van der Waals surface area contributed by atoms with E-state index in [0.29, 0.717) is 13.0 Å². The first-order valence-corrected chi connectivity index (χ1v) is 5.97. The fourth-order valence-corrected chi connectivity index (χ4v) is 2.44. The Kier molecular flexibility index (Phi) is 3.98. The molecule has 5 atom stereocenters. The van der Waals surface area contributed by atoms with Crippen molar-refractivity contribution in [3.8, 4) is 0 Å². The van der Waals surface area contributed by atoms with Crippen LogP contribution in [0.4, 0.5) is 0 Å². The molecule has 2 aliphatic heterocycles. The first-order valence-electron chi connectivity index (χ1n) is 5.97. The molecule has 6 heteroatoms. The van der Waals surface area contributed by atoms with Gasteiger partial charge in [0.1, 0.15) is 18.3 Å². The zero-order valence-corrected chi connectivity index (χ0v) is 10.2. The molecule has 0 aromatic rings. The van der Waals surface area contributed by atoms with E-state index in [1.165, 1.54) is 0 Å². The number of aliphatic hydroxyl groups excluding tert-OH is 2. The number of ether oxygens (including phenoxy) is 2. The second-order valence-corrected chi connectivity index (χ2v) is 4.44. The predicted octanol–water partition coefficient (Wildman–Crippen LogP) is -1.10. The monoisotopic (exact) mass is 244 g/mol. The van der Waals surface area contributed by atoms with E-state index in [1.807, 2.05) is 6.92 Å². The molecule has 3 N–H and O–H groups in total. The Morgan fingerprint density at radius 2 is 2.24 bits per heavy atom. The van der Waals surface area contributed by atoms with Crippen molar-refractivity contribution in [3.05, 3.63) is 0 Å². The van der Waals surface area contributed by atoms with Crippen molar-refractivity contribution in [2.45, 2.75) is 43.8 Å². The third-order valence-electron chi connectivity index (χ3n) is 3.26. The van der Waals surface area contributed by atoms with Crippen LogP contribution in [0, 0.1) is 0 Å². The highest BCUT2D eigenvalue weighted by Crippen LogP contribution is 2.27. The van der Waals surface area contributed by atoms with E-state index >= 15 is 0 Å². The molecule has 98 valence electrons. The second-order valence-electron chi connectivity index (χ2n) is 4.44. The van der Waals surface area contributed by atoms with Gasteiger partial charge in [-0.25, -0.2) is 0 Å². The highest BCUT2D eigenvalue weighted by molar-refractivity contribution is 5.85. The summed E-state index contributed by atoms with van der Waals surface area (Å²) in [6.45, 7) is 2.93. The van der Waals surface area contributed by atoms with Gasteiger partial charge in [-0.2, -0.15) is 0 Å². The quantitative estimate of drug-likeness (QED) is 0.587. The maximum absolute atomic E-state index is 10.0. The molecule has 0 bridgehead atoms. The summed E-state index contributed by atoms with van der Waals surface area (Å²) in [5.74, 6) is 0.840. The average molecular weight is 244 g/mol. The van der Waals surface area contributed by atoms with Crippen LogP contribution in [-0.2, 0) is 9.47 Å². The fourth-order valence-electron chi connectivity index (χ4n) is 2.44. The van der Waals surface area contributed by atoms with Gasteiger partial charge in [0, 0.05) is 20.1 Å². The molecule has 0 amide bonds. The summed E-state index contributed by atoms with van der Waals surface area (Å²) in [4.78, 5) is 4.28. The van der Waals surface area contributed by atoms with E-state index < -0.39 is 18.3 Å². The molecule has 17 heavy (non-hydrogen) atoms. The Labute approximate surface area is 101 Å². The molecular formula is C11H20N2O4. The lowest BCUT2D eigenvalue weighted by Gasteiger charge is -2.39. The van der Waals surface area contributed by atoms with E-state index in [2.05, 4.69) is 10.3 Å². The third-order valence-corrected chi connectivity index (χ3v) is 3.26. The maximum Gasteiger partial charge on any atom is 0.110 e. The smallest absolute Gasteiger partial charge is 0.110 e. The summed E-state index contributed by atoms with van der Waals surface area (Å²) in [6.07, 6.45) is -1.73. The van der Waals surface area contributed by atoms with E-state index in [0.717, 1.165) is 5.84 Å². The van der Waals surface area contributed by atoms with Crippen LogP contribution in [-0.4, -0.2) is 66.8 Å². The number of hydrogen-bond acceptors (Lipinski definition) is 5. The minimum absolute atomic E-state index is 0.140. The van der Waals surface area contributed by atoms with Crippen molar-refractivity contribution >= 4 is 5.84 Å². The van der Waals surface area contributed by atoms with Gasteiger partial charge in [-0.15, -0.1) is 0 Å². The number of nitrogens with zero attached hydrogens (tertiary/aromatic N) is 1. The van der Waals surface area contributed by atoms with Gasteiger partial charge in [0.2, 0.25) is 0 Å². The Morgan fingerprint density at radius 1 is 1.47 bits per heavy atom. The summed E-state index contributed by atoms with van der Waals surface area (Å²) >= 11 is 0. The van der Waals surface area contributed by atoms with Crippen molar-refractivity contribution in [1.82, 2.24) is 5.32 Å². The number of rotatable bonds is 3. The highest BCUT2D eigenvalue weighted by atomic mass is 16.6. The van der Waals surface area contributed by atoms with Crippen molar-refractivity contribution in [2.75, 3.05) is 20.3 Å². The molecule has 0 saturated carbocycles. The first-order chi connectivity index (χ1) is 8.17. The van der Waals surface area contributed by atoms with Crippen LogP contribution < -0.4 is 5.32 Å². The number of hydrogen-bond donors (Lipinski definition) is 3. The molecule has 2 fully saturated rings. The largest absolute Gasteiger partial charge is 0.388 e. The normalized spacial score (nSPS) is 43.5. The lowest BCUT2D eigenvalue weighted by atomic mass is 9.94. The summed E-state index contributed by atoms with van der Waals surface area (Å²) in [6, 6.07) is -0.275. The molecular weight excluding hydrogens is 224 g/mol. The summed E-state index contributed by atoms with van der Waals surface area (Å²) in [5, 5.41) is 23.0. The Bertz CT molecular complexity index is 297. The number of aliphatic imine (C=N–C) groups is 1. The molecule has 6 nitrogen and oxygen atoms in total. The summed E-state index contributed by atoms with van der Waals surface area (Å²) < 4.78 is 10.7. The number of methoxy groups -OCH3 is 1. The molecule has 0 aliphatic carbocycles. The van der Waals surface area contributed by atoms with Crippen molar-refractivity contribution in [3.63, 3.8) is 0 Å². The Morgan fingerprint density at radius 3 is 2.88 bits per heavy atom. The van der Waals surface area contributed by atoms with Crippen LogP contribution in [0.15, 0.2) is 4.99 Å². The molecule has 0 spiro atoms. The zero-order chi connectivity index (χ0) is 12.4. The van der Waals surface area contributed by atoms with Gasteiger partial charge in [-0.1, -0.05) is 0 Å².